The second-order valence-corrected chi connectivity index (χ2v) is 20.2. The lowest BCUT2D eigenvalue weighted by Crippen LogP contribution is -2.65. The topological polar surface area (TPSA) is 129 Å². The highest BCUT2D eigenvalue weighted by Gasteiger charge is 2.69. The fourth-order valence-corrected chi connectivity index (χ4v) is 10.7. The van der Waals surface area contributed by atoms with Gasteiger partial charge in [-0.2, -0.15) is 0 Å². The Labute approximate surface area is 338 Å². The summed E-state index contributed by atoms with van der Waals surface area (Å²) in [4.78, 5) is 48.9. The number of rotatable bonds is 13. The first-order valence-electron chi connectivity index (χ1n) is 21.1. The number of nitrogens with one attached hydrogen (secondary N) is 2. The number of Topliss-reactive ketones (excluding diaryl/α,β-unsaturated/α-hetero) is 2. The SMILES string of the molecule is CC(C)C(=O)NC(C)C(=O)C[C@@H](C)B1O[C@@H]2C[C@@H]3C[C@@H](C3(C)C)[C@]2(C)O1.CC(CP)C(=O)NC(C)C(=O)C[C@@H](C)B1O[C@@H]2C[C@@H]3C[C@@H](C3(C)C)[C@]2(C)O1.CP. The predicted molar refractivity (Wildman–Crippen MR) is 228 cm³/mol. The lowest BCUT2D eigenvalue weighted by molar-refractivity contribution is -0.199. The van der Waals surface area contributed by atoms with Gasteiger partial charge in [0, 0.05) is 24.7 Å². The van der Waals surface area contributed by atoms with Crippen molar-refractivity contribution in [2.75, 3.05) is 12.8 Å². The number of carbonyl (C=O) groups is 4. The average Bonchev–Trinajstić information content (AvgIpc) is 3.68. The van der Waals surface area contributed by atoms with Crippen LogP contribution in [-0.2, 0) is 37.8 Å². The molecule has 14 heteroatoms. The molecule has 0 radical (unpaired) electrons. The summed E-state index contributed by atoms with van der Waals surface area (Å²) in [5.41, 5.74) is 0.153. The Balaban J connectivity index is 0.000000234. The summed E-state index contributed by atoms with van der Waals surface area (Å²) in [5.74, 6) is 2.09. The van der Waals surface area contributed by atoms with E-state index in [0.717, 1.165) is 18.8 Å². The van der Waals surface area contributed by atoms with Gasteiger partial charge in [0.05, 0.1) is 35.5 Å². The minimum Gasteiger partial charge on any atom is -0.405 e. The molecular weight excluding hydrogens is 732 g/mol. The minimum atomic E-state index is -0.482. The number of amides is 2. The van der Waals surface area contributed by atoms with E-state index < -0.39 is 12.1 Å². The lowest BCUT2D eigenvalue weighted by atomic mass is 9.43. The van der Waals surface area contributed by atoms with E-state index in [-0.39, 0.29) is 84.5 Å². The van der Waals surface area contributed by atoms with Gasteiger partial charge in [0.25, 0.3) is 0 Å². The lowest BCUT2D eigenvalue weighted by Gasteiger charge is -2.64. The molecule has 0 spiro atoms. The Kier molecular flexibility index (Phi) is 15.1. The summed E-state index contributed by atoms with van der Waals surface area (Å²) in [5, 5.41) is 5.61. The van der Waals surface area contributed by atoms with Crippen LogP contribution in [-0.4, -0.2) is 85.9 Å². The molecule has 0 aromatic carbocycles. The third-order valence-electron chi connectivity index (χ3n) is 14.9. The van der Waals surface area contributed by atoms with E-state index in [1.165, 1.54) is 12.8 Å². The first kappa shape index (κ1) is 46.8. The zero-order valence-electron chi connectivity index (χ0n) is 36.5. The zero-order valence-corrected chi connectivity index (χ0v) is 38.8. The molecule has 2 saturated heterocycles. The summed E-state index contributed by atoms with van der Waals surface area (Å²) in [7, 11) is 4.30. The second-order valence-electron chi connectivity index (χ2n) is 19.7. The van der Waals surface area contributed by atoms with Crippen LogP contribution in [0.1, 0.15) is 129 Å². The Morgan fingerprint density at radius 1 is 0.636 bits per heavy atom. The summed E-state index contributed by atoms with van der Waals surface area (Å²) in [6.07, 6.45) is 6.21. The van der Waals surface area contributed by atoms with Gasteiger partial charge >= 0.3 is 14.2 Å². The van der Waals surface area contributed by atoms with Crippen LogP contribution in [0.5, 0.6) is 0 Å². The zero-order chi connectivity index (χ0) is 41.6. The third kappa shape index (κ3) is 9.15. The van der Waals surface area contributed by atoms with Gasteiger partial charge in [-0.25, -0.2) is 0 Å². The van der Waals surface area contributed by atoms with Crippen molar-refractivity contribution < 1.29 is 37.8 Å². The van der Waals surface area contributed by atoms with Crippen molar-refractivity contribution in [3.63, 3.8) is 0 Å². The molecule has 6 saturated carbocycles. The van der Waals surface area contributed by atoms with Gasteiger partial charge in [-0.05, 0) is 106 Å². The van der Waals surface area contributed by atoms with Crippen molar-refractivity contribution in [2.45, 2.75) is 176 Å². The Morgan fingerprint density at radius 3 is 1.33 bits per heavy atom. The van der Waals surface area contributed by atoms with Gasteiger partial charge in [-0.3, -0.25) is 19.2 Å². The number of carbonyl (C=O) groups excluding carboxylic acids is 4. The van der Waals surface area contributed by atoms with Crippen molar-refractivity contribution in [1.29, 1.82) is 0 Å². The molecule has 6 aliphatic carbocycles. The highest BCUT2D eigenvalue weighted by Crippen LogP contribution is 2.67. The summed E-state index contributed by atoms with van der Waals surface area (Å²) in [6, 6.07) is -0.955. The molecule has 15 atom stereocenters. The number of ketones is 2. The van der Waals surface area contributed by atoms with Crippen LogP contribution in [0.2, 0.25) is 11.6 Å². The Morgan fingerprint density at radius 2 is 1.00 bits per heavy atom. The van der Waals surface area contributed by atoms with Crippen LogP contribution in [0.4, 0.5) is 0 Å². The van der Waals surface area contributed by atoms with Crippen molar-refractivity contribution in [3.8, 4) is 0 Å². The molecule has 0 aromatic rings. The monoisotopic (exact) mass is 807 g/mol. The van der Waals surface area contributed by atoms with Crippen LogP contribution in [0.3, 0.4) is 0 Å². The van der Waals surface area contributed by atoms with Crippen LogP contribution in [0, 0.1) is 46.3 Å². The quantitative estimate of drug-likeness (QED) is 0.154. The molecule has 312 valence electrons. The molecule has 4 bridgehead atoms. The maximum absolute atomic E-state index is 12.6. The van der Waals surface area contributed by atoms with Crippen LogP contribution >= 0.6 is 18.5 Å². The minimum absolute atomic E-state index is 0.0244. The smallest absolute Gasteiger partial charge is 0.405 e. The molecule has 8 rings (SSSR count). The summed E-state index contributed by atoms with van der Waals surface area (Å²) in [6.45, 7) is 28.7. The first-order valence-corrected chi connectivity index (χ1v) is 23.0. The molecule has 5 unspecified atom stereocenters. The predicted octanol–water partition coefficient (Wildman–Crippen LogP) is 6.80. The molecule has 2 N–H and O–H groups in total. The number of hydrogen-bond donors (Lipinski definition) is 2. The second kappa shape index (κ2) is 17.8. The molecule has 55 heavy (non-hydrogen) atoms. The molecule has 2 amide bonds. The van der Waals surface area contributed by atoms with Gasteiger partial charge in [0.1, 0.15) is 0 Å². The van der Waals surface area contributed by atoms with Gasteiger partial charge in [-0.1, -0.05) is 69.0 Å². The summed E-state index contributed by atoms with van der Waals surface area (Å²) >= 11 is 0. The first-order chi connectivity index (χ1) is 25.5. The van der Waals surface area contributed by atoms with E-state index in [4.69, 9.17) is 18.6 Å². The van der Waals surface area contributed by atoms with Crippen molar-refractivity contribution in [2.24, 2.45) is 46.3 Å². The Bertz CT molecular complexity index is 1420. The van der Waals surface area contributed by atoms with Gasteiger partial charge in [0.15, 0.2) is 11.6 Å². The normalized spacial score (nSPS) is 35.7. The van der Waals surface area contributed by atoms with Crippen LogP contribution in [0.15, 0.2) is 0 Å². The van der Waals surface area contributed by atoms with Gasteiger partial charge < -0.3 is 29.3 Å². The standard InChI is InChI=1S/C20H35BNO4P.C20H34BNO4.CH5P/c1-11(10-27)18(24)22-13(3)15(23)7-12(2)21-25-17-9-14-8-16(19(14,4)5)20(17,6)26-21;1-11(2)18(24)22-13(4)15(23)8-12(3)21-25-17-10-14-9-16(19(14,5)6)20(17,7)26-21;1-2/h11-14,16-17H,7-10,27H2,1-6H3,(H,22,24);11-14,16-17H,8-10H2,1-7H3,(H,22,24);2H2,1H3/t11?,12-,13?,14+,16+,17-,20+;12-,13?,14+,16+,17-,20+;/m11./s1. The molecule has 2 aliphatic heterocycles. The molecule has 10 nitrogen and oxygen atoms in total. The Hall–Kier alpha value is -0.890. The molecular formula is C41H74B2N2O8P2. The fraction of sp³-hybridized carbons (Fsp3) is 0.902. The average molecular weight is 807 g/mol. The van der Waals surface area contributed by atoms with E-state index in [9.17, 15) is 19.2 Å². The van der Waals surface area contributed by atoms with Crippen molar-refractivity contribution in [3.05, 3.63) is 0 Å². The van der Waals surface area contributed by atoms with Crippen LogP contribution in [0.25, 0.3) is 0 Å². The molecule has 2 heterocycles. The largest absolute Gasteiger partial charge is 0.461 e. The molecule has 8 aliphatic rings. The van der Waals surface area contributed by atoms with E-state index in [1.807, 2.05) is 41.3 Å². The van der Waals surface area contributed by atoms with E-state index >= 15 is 0 Å². The maximum Gasteiger partial charge on any atom is 0.461 e. The molecule has 8 fully saturated rings. The van der Waals surface area contributed by atoms with E-state index in [1.54, 1.807) is 13.8 Å². The number of hydrogen-bond acceptors (Lipinski definition) is 8. The fourth-order valence-electron chi connectivity index (χ4n) is 10.5. The highest BCUT2D eigenvalue weighted by atomic mass is 31.0. The van der Waals surface area contributed by atoms with Crippen LogP contribution < -0.4 is 10.6 Å². The maximum atomic E-state index is 12.6. The van der Waals surface area contributed by atoms with Gasteiger partial charge in [-0.15, -0.1) is 18.5 Å². The molecule has 0 aromatic heterocycles. The van der Waals surface area contributed by atoms with Crippen molar-refractivity contribution in [1.82, 2.24) is 10.6 Å². The van der Waals surface area contributed by atoms with Crippen molar-refractivity contribution >= 4 is 56.1 Å². The van der Waals surface area contributed by atoms with E-state index in [0.29, 0.717) is 47.6 Å². The van der Waals surface area contributed by atoms with E-state index in [2.05, 4.69) is 70.7 Å². The third-order valence-corrected chi connectivity index (χ3v) is 15.6. The summed E-state index contributed by atoms with van der Waals surface area (Å²) < 4.78 is 25.4. The van der Waals surface area contributed by atoms with Gasteiger partial charge in [0.2, 0.25) is 11.8 Å². The highest BCUT2D eigenvalue weighted by molar-refractivity contribution is 7.16.